The predicted molar refractivity (Wildman–Crippen MR) is 68.7 cm³/mol. The van der Waals surface area contributed by atoms with Gasteiger partial charge in [-0.2, -0.15) is 0 Å². The minimum atomic E-state index is -0.377. The van der Waals surface area contributed by atoms with Crippen LogP contribution in [0.5, 0.6) is 0 Å². The number of hydrogen-bond donors (Lipinski definition) is 0. The van der Waals surface area contributed by atoms with Gasteiger partial charge in [-0.1, -0.05) is 29.3 Å². The summed E-state index contributed by atoms with van der Waals surface area (Å²) in [5.41, 5.74) is 1.03. The highest BCUT2D eigenvalue weighted by molar-refractivity contribution is 6.33. The fourth-order valence-corrected chi connectivity index (χ4v) is 1.90. The molecule has 18 heavy (non-hydrogen) atoms. The highest BCUT2D eigenvalue weighted by atomic mass is 35.5. The number of carbonyl (C=O) groups excluding carboxylic acids is 1. The fraction of sp³-hybridized carbons (Fsp3) is 0.0769. The molecule has 0 amide bonds. The number of aromatic nitrogens is 1. The van der Waals surface area contributed by atoms with E-state index in [0.29, 0.717) is 11.1 Å². The van der Waals surface area contributed by atoms with Crippen LogP contribution in [0.4, 0.5) is 4.39 Å². The number of pyridine rings is 1. The summed E-state index contributed by atoms with van der Waals surface area (Å²) in [5, 5.41) is 0.482. The average Bonchev–Trinajstić information content (AvgIpc) is 2.33. The first-order chi connectivity index (χ1) is 8.56. The van der Waals surface area contributed by atoms with E-state index in [0.717, 1.165) is 0 Å². The molecule has 0 aliphatic heterocycles. The van der Waals surface area contributed by atoms with Crippen LogP contribution in [0.1, 0.15) is 15.9 Å². The van der Waals surface area contributed by atoms with E-state index < -0.39 is 0 Å². The molecule has 0 saturated carbocycles. The molecule has 1 heterocycles. The van der Waals surface area contributed by atoms with Gasteiger partial charge in [0.25, 0.3) is 0 Å². The number of nitrogens with zero attached hydrogens (tertiary/aromatic N) is 1. The number of hydrogen-bond acceptors (Lipinski definition) is 2. The Bertz CT molecular complexity index is 584. The lowest BCUT2D eigenvalue weighted by Gasteiger charge is -2.03. The summed E-state index contributed by atoms with van der Waals surface area (Å²) >= 11 is 11.5. The molecular formula is C13H8Cl2FNO. The maximum absolute atomic E-state index is 12.7. The number of halogens is 3. The van der Waals surface area contributed by atoms with Crippen molar-refractivity contribution in [2.75, 3.05) is 0 Å². The van der Waals surface area contributed by atoms with Gasteiger partial charge in [0.05, 0.1) is 0 Å². The molecule has 92 valence electrons. The summed E-state index contributed by atoms with van der Waals surface area (Å²) in [5.74, 6) is -0.529. The van der Waals surface area contributed by atoms with Crippen molar-refractivity contribution in [3.05, 3.63) is 63.6 Å². The van der Waals surface area contributed by atoms with E-state index in [1.54, 1.807) is 12.1 Å². The topological polar surface area (TPSA) is 30.0 Å². The Hall–Kier alpha value is -1.45. The van der Waals surface area contributed by atoms with E-state index in [1.807, 2.05) is 0 Å². The van der Waals surface area contributed by atoms with Crippen molar-refractivity contribution in [3.63, 3.8) is 0 Å². The molecule has 0 aliphatic rings. The molecule has 0 radical (unpaired) electrons. The second kappa shape index (κ2) is 5.46. The van der Waals surface area contributed by atoms with Crippen LogP contribution in [0.25, 0.3) is 0 Å². The molecular weight excluding hydrogens is 276 g/mol. The Morgan fingerprint density at radius 3 is 2.39 bits per heavy atom. The van der Waals surface area contributed by atoms with Crippen LogP contribution in [0.15, 0.2) is 36.4 Å². The van der Waals surface area contributed by atoms with Gasteiger partial charge in [-0.3, -0.25) is 4.79 Å². The zero-order chi connectivity index (χ0) is 13.1. The molecule has 2 nitrogen and oxygen atoms in total. The molecule has 0 saturated heterocycles. The molecule has 2 aromatic rings. The SMILES string of the molecule is O=C(Cc1ccc(Cl)nc1Cl)c1ccc(F)cc1. The van der Waals surface area contributed by atoms with Crippen molar-refractivity contribution < 1.29 is 9.18 Å². The quantitative estimate of drug-likeness (QED) is 0.631. The highest BCUT2D eigenvalue weighted by Gasteiger charge is 2.10. The molecule has 2 rings (SSSR count). The fourth-order valence-electron chi connectivity index (χ4n) is 1.48. The molecule has 0 fully saturated rings. The molecule has 0 bridgehead atoms. The summed E-state index contributed by atoms with van der Waals surface area (Å²) < 4.78 is 12.7. The summed E-state index contributed by atoms with van der Waals surface area (Å²) in [6.45, 7) is 0. The molecule has 0 unspecified atom stereocenters. The van der Waals surface area contributed by atoms with Crippen LogP contribution in [-0.2, 0) is 6.42 Å². The van der Waals surface area contributed by atoms with Gasteiger partial charge in [0.15, 0.2) is 5.78 Å². The molecule has 1 aromatic carbocycles. The van der Waals surface area contributed by atoms with Crippen LogP contribution in [0, 0.1) is 5.82 Å². The Labute approximate surface area is 113 Å². The summed E-state index contributed by atoms with van der Waals surface area (Å²) in [4.78, 5) is 15.8. The van der Waals surface area contributed by atoms with Crippen LogP contribution in [0.3, 0.4) is 0 Å². The van der Waals surface area contributed by atoms with E-state index >= 15 is 0 Å². The Morgan fingerprint density at radius 2 is 1.78 bits per heavy atom. The largest absolute Gasteiger partial charge is 0.294 e. The number of rotatable bonds is 3. The molecule has 1 aromatic heterocycles. The van der Waals surface area contributed by atoms with E-state index in [1.165, 1.54) is 24.3 Å². The lowest BCUT2D eigenvalue weighted by Crippen LogP contribution is -2.04. The first-order valence-corrected chi connectivity index (χ1v) is 5.91. The van der Waals surface area contributed by atoms with Gasteiger partial charge < -0.3 is 0 Å². The van der Waals surface area contributed by atoms with Gasteiger partial charge >= 0.3 is 0 Å². The van der Waals surface area contributed by atoms with Gasteiger partial charge in [0, 0.05) is 12.0 Å². The van der Waals surface area contributed by atoms with E-state index in [4.69, 9.17) is 23.2 Å². The maximum atomic E-state index is 12.7. The van der Waals surface area contributed by atoms with Crippen LogP contribution < -0.4 is 0 Å². The second-order valence-electron chi connectivity index (χ2n) is 3.69. The Morgan fingerprint density at radius 1 is 1.11 bits per heavy atom. The predicted octanol–water partition coefficient (Wildman–Crippen LogP) is 3.95. The highest BCUT2D eigenvalue weighted by Crippen LogP contribution is 2.18. The number of Topliss-reactive ketones (excluding diaryl/α,β-unsaturated/α-hetero) is 1. The van der Waals surface area contributed by atoms with E-state index in [2.05, 4.69) is 4.98 Å². The van der Waals surface area contributed by atoms with Crippen molar-refractivity contribution in [1.29, 1.82) is 0 Å². The zero-order valence-corrected chi connectivity index (χ0v) is 10.7. The van der Waals surface area contributed by atoms with Crippen LogP contribution >= 0.6 is 23.2 Å². The number of ketones is 1. The monoisotopic (exact) mass is 283 g/mol. The normalized spacial score (nSPS) is 10.4. The van der Waals surface area contributed by atoms with Gasteiger partial charge in [-0.25, -0.2) is 9.37 Å². The lowest BCUT2D eigenvalue weighted by atomic mass is 10.0. The minimum absolute atomic E-state index is 0.106. The smallest absolute Gasteiger partial charge is 0.167 e. The third-order valence-corrected chi connectivity index (χ3v) is 2.95. The molecule has 0 spiro atoms. The molecule has 0 atom stereocenters. The average molecular weight is 284 g/mol. The van der Waals surface area contributed by atoms with Crippen molar-refractivity contribution in [2.24, 2.45) is 0 Å². The molecule has 0 aliphatic carbocycles. The number of benzene rings is 1. The summed E-state index contributed by atoms with van der Waals surface area (Å²) in [6, 6.07) is 8.59. The van der Waals surface area contributed by atoms with Gasteiger partial charge in [-0.05, 0) is 35.9 Å². The second-order valence-corrected chi connectivity index (χ2v) is 4.44. The van der Waals surface area contributed by atoms with Crippen molar-refractivity contribution in [2.45, 2.75) is 6.42 Å². The standard InChI is InChI=1S/C13H8Cl2FNO/c14-12-6-3-9(13(15)17-12)7-11(18)8-1-4-10(16)5-2-8/h1-6H,7H2. The minimum Gasteiger partial charge on any atom is -0.294 e. The van der Waals surface area contributed by atoms with Crippen LogP contribution in [-0.4, -0.2) is 10.8 Å². The van der Waals surface area contributed by atoms with E-state index in [-0.39, 0.29) is 28.3 Å². The van der Waals surface area contributed by atoms with Gasteiger partial charge in [0.2, 0.25) is 0 Å². The summed E-state index contributed by atoms with van der Waals surface area (Å²) in [6.07, 6.45) is 0.106. The first-order valence-electron chi connectivity index (χ1n) is 5.16. The lowest BCUT2D eigenvalue weighted by molar-refractivity contribution is 0.0993. The first kappa shape index (κ1) is 13.0. The van der Waals surface area contributed by atoms with Gasteiger partial charge in [0.1, 0.15) is 16.1 Å². The Balaban J connectivity index is 2.18. The van der Waals surface area contributed by atoms with E-state index in [9.17, 15) is 9.18 Å². The third-order valence-electron chi connectivity index (χ3n) is 2.41. The summed E-state index contributed by atoms with van der Waals surface area (Å²) in [7, 11) is 0. The van der Waals surface area contributed by atoms with Crippen molar-refractivity contribution in [1.82, 2.24) is 4.98 Å². The zero-order valence-electron chi connectivity index (χ0n) is 9.16. The molecule has 5 heteroatoms. The maximum Gasteiger partial charge on any atom is 0.167 e. The number of carbonyl (C=O) groups is 1. The third kappa shape index (κ3) is 3.06. The van der Waals surface area contributed by atoms with Crippen molar-refractivity contribution in [3.8, 4) is 0 Å². The van der Waals surface area contributed by atoms with Crippen molar-refractivity contribution >= 4 is 29.0 Å². The van der Waals surface area contributed by atoms with Crippen LogP contribution in [0.2, 0.25) is 10.3 Å². The molecule has 0 N–H and O–H groups in total. The van der Waals surface area contributed by atoms with Gasteiger partial charge in [-0.15, -0.1) is 0 Å². The Kier molecular flexibility index (Phi) is 3.94.